The summed E-state index contributed by atoms with van der Waals surface area (Å²) < 4.78 is 1.87. The third-order valence-electron chi connectivity index (χ3n) is 5.36. The van der Waals surface area contributed by atoms with Gasteiger partial charge in [0.25, 0.3) is 0 Å². The minimum atomic E-state index is -0.756. The lowest BCUT2D eigenvalue weighted by molar-refractivity contribution is -0.136. The van der Waals surface area contributed by atoms with Crippen molar-refractivity contribution in [1.29, 1.82) is 0 Å². The molecule has 0 spiro atoms. The number of carbonyl (C=O) groups excluding carboxylic acids is 3. The molecule has 9 heteroatoms. The summed E-state index contributed by atoms with van der Waals surface area (Å²) in [5.74, 6) is -1.42. The molecule has 166 valence electrons. The van der Waals surface area contributed by atoms with E-state index in [4.69, 9.17) is 0 Å². The van der Waals surface area contributed by atoms with E-state index in [0.717, 1.165) is 22.7 Å². The van der Waals surface area contributed by atoms with Crippen molar-refractivity contribution in [3.05, 3.63) is 64.1 Å². The van der Waals surface area contributed by atoms with Crippen molar-refractivity contribution in [3.8, 4) is 0 Å². The number of amides is 3. The fourth-order valence-corrected chi connectivity index (χ4v) is 4.69. The first kappa shape index (κ1) is 21.8. The van der Waals surface area contributed by atoms with E-state index in [1.54, 1.807) is 34.4 Å². The van der Waals surface area contributed by atoms with Crippen LogP contribution in [-0.4, -0.2) is 40.6 Å². The molecule has 32 heavy (non-hydrogen) atoms. The van der Waals surface area contributed by atoms with Gasteiger partial charge >= 0.3 is 11.8 Å². The lowest BCUT2D eigenvalue weighted by Gasteiger charge is -2.19. The molecular formula is C23H25N5O3S. The molecule has 2 aromatic heterocycles. The highest BCUT2D eigenvalue weighted by Gasteiger charge is 2.23. The van der Waals surface area contributed by atoms with Gasteiger partial charge in [-0.1, -0.05) is 12.1 Å². The molecule has 0 bridgehead atoms. The normalized spacial score (nSPS) is 14.4. The second-order valence-electron chi connectivity index (χ2n) is 7.77. The molecule has 3 heterocycles. The van der Waals surface area contributed by atoms with Crippen molar-refractivity contribution in [2.45, 2.75) is 32.7 Å². The zero-order chi connectivity index (χ0) is 22.7. The van der Waals surface area contributed by atoms with Gasteiger partial charge in [-0.3, -0.25) is 19.1 Å². The molecule has 3 aromatic rings. The van der Waals surface area contributed by atoms with Gasteiger partial charge in [-0.2, -0.15) is 5.10 Å². The second kappa shape index (κ2) is 9.35. The van der Waals surface area contributed by atoms with Crippen LogP contribution in [0.4, 0.5) is 11.4 Å². The number of hydrogen-bond donors (Lipinski definition) is 2. The van der Waals surface area contributed by atoms with Crippen molar-refractivity contribution in [3.63, 3.8) is 0 Å². The number of benzene rings is 1. The molecule has 1 aliphatic heterocycles. The molecule has 3 amide bonds. The number of rotatable bonds is 6. The minimum absolute atomic E-state index is 0.0648. The number of aromatic nitrogens is 2. The molecule has 1 aromatic carbocycles. The third-order valence-corrected chi connectivity index (χ3v) is 6.34. The van der Waals surface area contributed by atoms with E-state index in [1.807, 2.05) is 48.2 Å². The van der Waals surface area contributed by atoms with Crippen LogP contribution in [0.15, 0.2) is 47.8 Å². The van der Waals surface area contributed by atoms with Crippen molar-refractivity contribution in [1.82, 2.24) is 15.1 Å². The molecular weight excluding hydrogens is 426 g/mol. The van der Waals surface area contributed by atoms with Crippen LogP contribution < -0.4 is 15.5 Å². The number of hydrogen-bond acceptors (Lipinski definition) is 5. The predicted molar refractivity (Wildman–Crippen MR) is 124 cm³/mol. The summed E-state index contributed by atoms with van der Waals surface area (Å²) in [4.78, 5) is 39.7. The highest BCUT2D eigenvalue weighted by molar-refractivity contribution is 7.10. The van der Waals surface area contributed by atoms with Crippen LogP contribution in [0.25, 0.3) is 0 Å². The summed E-state index contributed by atoms with van der Waals surface area (Å²) in [6.07, 6.45) is 1.35. The standard InChI is InChI=1S/C23H25N5O3S/c1-15-12-16(2)28(26-15)19(20-8-5-11-32-20)14-24-22(30)23(31)25-17-6-3-7-18(13-17)27-10-4-9-21(27)29/h3,5-8,11-13,19H,4,9-10,14H2,1-2H3,(H,24,30)(H,25,31). The van der Waals surface area contributed by atoms with Crippen LogP contribution >= 0.6 is 11.3 Å². The molecule has 1 aliphatic rings. The molecule has 1 atom stereocenters. The van der Waals surface area contributed by atoms with Crippen LogP contribution in [0, 0.1) is 13.8 Å². The molecule has 1 fully saturated rings. The Hall–Kier alpha value is -3.46. The quantitative estimate of drug-likeness (QED) is 0.563. The van der Waals surface area contributed by atoms with Crippen LogP contribution in [0.1, 0.15) is 35.1 Å². The minimum Gasteiger partial charge on any atom is -0.345 e. The molecule has 0 saturated carbocycles. The molecule has 1 saturated heterocycles. The average molecular weight is 452 g/mol. The maximum Gasteiger partial charge on any atom is 0.313 e. The first-order valence-corrected chi connectivity index (χ1v) is 11.4. The fourth-order valence-electron chi connectivity index (χ4n) is 3.88. The Bertz CT molecular complexity index is 1140. The van der Waals surface area contributed by atoms with E-state index >= 15 is 0 Å². The molecule has 0 radical (unpaired) electrons. The number of anilines is 2. The Labute approximate surface area is 190 Å². The summed E-state index contributed by atoms with van der Waals surface area (Å²) in [7, 11) is 0. The number of nitrogens with one attached hydrogen (secondary N) is 2. The zero-order valence-electron chi connectivity index (χ0n) is 18.0. The number of carbonyl (C=O) groups is 3. The Balaban J connectivity index is 1.41. The second-order valence-corrected chi connectivity index (χ2v) is 8.75. The van der Waals surface area contributed by atoms with Gasteiger partial charge in [-0.25, -0.2) is 0 Å². The summed E-state index contributed by atoms with van der Waals surface area (Å²) in [6, 6.07) is 12.7. The smallest absolute Gasteiger partial charge is 0.313 e. The average Bonchev–Trinajstić information content (AvgIpc) is 3.51. The third kappa shape index (κ3) is 4.72. The summed E-state index contributed by atoms with van der Waals surface area (Å²) in [6.45, 7) is 4.78. The van der Waals surface area contributed by atoms with Gasteiger partial charge in [-0.15, -0.1) is 11.3 Å². The Morgan fingerprint density at radius 2 is 2.00 bits per heavy atom. The van der Waals surface area contributed by atoms with Gasteiger partial charge in [0.2, 0.25) is 5.91 Å². The fraction of sp³-hybridized carbons (Fsp3) is 0.304. The maximum atomic E-state index is 12.5. The van der Waals surface area contributed by atoms with Gasteiger partial charge in [-0.05, 0) is 56.0 Å². The van der Waals surface area contributed by atoms with Crippen LogP contribution in [0.3, 0.4) is 0 Å². The summed E-state index contributed by atoms with van der Waals surface area (Å²) in [5, 5.41) is 11.9. The van der Waals surface area contributed by atoms with E-state index < -0.39 is 11.8 Å². The van der Waals surface area contributed by atoms with Gasteiger partial charge in [0.1, 0.15) is 6.04 Å². The van der Waals surface area contributed by atoms with Gasteiger partial charge in [0.05, 0.1) is 5.69 Å². The molecule has 4 rings (SSSR count). The Morgan fingerprint density at radius 1 is 1.16 bits per heavy atom. The molecule has 2 N–H and O–H groups in total. The van der Waals surface area contributed by atoms with Crippen molar-refractivity contribution in [2.24, 2.45) is 0 Å². The predicted octanol–water partition coefficient (Wildman–Crippen LogP) is 3.03. The van der Waals surface area contributed by atoms with Gasteiger partial charge in [0, 0.05) is 41.5 Å². The Morgan fingerprint density at radius 3 is 2.66 bits per heavy atom. The molecule has 0 aliphatic carbocycles. The van der Waals surface area contributed by atoms with Crippen molar-refractivity contribution < 1.29 is 14.4 Å². The Kier molecular flexibility index (Phi) is 6.36. The lowest BCUT2D eigenvalue weighted by atomic mass is 10.2. The van der Waals surface area contributed by atoms with E-state index in [0.29, 0.717) is 24.3 Å². The molecule has 1 unspecified atom stereocenters. The zero-order valence-corrected chi connectivity index (χ0v) is 18.8. The summed E-state index contributed by atoms with van der Waals surface area (Å²) in [5.41, 5.74) is 3.06. The van der Waals surface area contributed by atoms with Gasteiger partial charge < -0.3 is 15.5 Å². The van der Waals surface area contributed by atoms with Crippen molar-refractivity contribution >= 4 is 40.4 Å². The number of aryl methyl sites for hydroxylation is 2. The largest absolute Gasteiger partial charge is 0.345 e. The van der Waals surface area contributed by atoms with Crippen LogP contribution in [0.2, 0.25) is 0 Å². The van der Waals surface area contributed by atoms with E-state index in [2.05, 4.69) is 15.7 Å². The highest BCUT2D eigenvalue weighted by atomic mass is 32.1. The first-order valence-electron chi connectivity index (χ1n) is 10.5. The first-order chi connectivity index (χ1) is 15.4. The monoisotopic (exact) mass is 451 g/mol. The highest BCUT2D eigenvalue weighted by Crippen LogP contribution is 2.25. The number of nitrogens with zero attached hydrogens (tertiary/aromatic N) is 3. The topological polar surface area (TPSA) is 96.3 Å². The summed E-state index contributed by atoms with van der Waals surface area (Å²) >= 11 is 1.58. The van der Waals surface area contributed by atoms with Crippen LogP contribution in [0.5, 0.6) is 0 Å². The maximum absolute atomic E-state index is 12.5. The SMILES string of the molecule is Cc1cc(C)n(C(CNC(=O)C(=O)Nc2cccc(N3CCCC3=O)c2)c2cccs2)n1. The van der Waals surface area contributed by atoms with Gasteiger partial charge in [0.15, 0.2) is 0 Å². The van der Waals surface area contributed by atoms with E-state index in [1.165, 1.54) is 0 Å². The lowest BCUT2D eigenvalue weighted by Crippen LogP contribution is -2.39. The van der Waals surface area contributed by atoms with Crippen molar-refractivity contribution in [2.75, 3.05) is 23.3 Å². The van der Waals surface area contributed by atoms with E-state index in [-0.39, 0.29) is 18.5 Å². The van der Waals surface area contributed by atoms with E-state index in [9.17, 15) is 14.4 Å². The number of thiophene rings is 1. The van der Waals surface area contributed by atoms with Crippen LogP contribution in [-0.2, 0) is 14.4 Å². The molecule has 8 nitrogen and oxygen atoms in total.